The van der Waals surface area contributed by atoms with Gasteiger partial charge in [0.15, 0.2) is 0 Å². The zero-order valence-electron chi connectivity index (χ0n) is 10.3. The van der Waals surface area contributed by atoms with E-state index in [2.05, 4.69) is 24.5 Å². The fraction of sp³-hybridized carbons (Fsp3) is 1.00. The van der Waals surface area contributed by atoms with Gasteiger partial charge in [-0.25, -0.2) is 0 Å². The molecule has 88 valence electrons. The normalized spacial score (nSPS) is 36.4. The summed E-state index contributed by atoms with van der Waals surface area (Å²) in [6.07, 6.45) is 8.31. The topological polar surface area (TPSA) is 24.1 Å². The molecule has 2 nitrogen and oxygen atoms in total. The molecule has 2 rings (SSSR count). The van der Waals surface area contributed by atoms with E-state index in [1.807, 2.05) is 0 Å². The summed E-state index contributed by atoms with van der Waals surface area (Å²) in [7, 11) is 0. The Balaban J connectivity index is 1.85. The maximum atomic E-state index is 3.89. The maximum absolute atomic E-state index is 3.89. The summed E-state index contributed by atoms with van der Waals surface area (Å²) in [5, 5.41) is 7.37. The van der Waals surface area contributed by atoms with Crippen molar-refractivity contribution >= 4 is 0 Å². The Bertz CT molecular complexity index is 195. The first kappa shape index (κ1) is 11.4. The predicted octanol–water partition coefficient (Wildman–Crippen LogP) is 2.30. The number of nitrogens with one attached hydrogen (secondary N) is 2. The van der Waals surface area contributed by atoms with E-state index >= 15 is 0 Å². The molecule has 0 aromatic carbocycles. The summed E-state index contributed by atoms with van der Waals surface area (Å²) in [6, 6.07) is 1.47. The maximum Gasteiger partial charge on any atom is 0.0195 e. The van der Waals surface area contributed by atoms with E-state index in [9.17, 15) is 0 Å². The molecular formula is C13H26N2. The molecule has 1 saturated heterocycles. The van der Waals surface area contributed by atoms with Crippen molar-refractivity contribution in [1.82, 2.24) is 10.6 Å². The van der Waals surface area contributed by atoms with E-state index in [-0.39, 0.29) is 0 Å². The Morgan fingerprint density at radius 3 is 2.67 bits per heavy atom. The van der Waals surface area contributed by atoms with Crippen LogP contribution in [0.25, 0.3) is 0 Å². The van der Waals surface area contributed by atoms with Crippen LogP contribution in [0, 0.1) is 5.41 Å². The molecule has 0 bridgehead atoms. The minimum Gasteiger partial charge on any atom is -0.315 e. The minimum absolute atomic E-state index is 0.510. The van der Waals surface area contributed by atoms with E-state index in [4.69, 9.17) is 0 Å². The molecule has 2 heteroatoms. The van der Waals surface area contributed by atoms with Gasteiger partial charge in [-0.1, -0.05) is 26.7 Å². The fourth-order valence-electron chi connectivity index (χ4n) is 3.08. The molecule has 2 N–H and O–H groups in total. The third kappa shape index (κ3) is 2.94. The van der Waals surface area contributed by atoms with Crippen LogP contribution in [-0.2, 0) is 0 Å². The zero-order valence-corrected chi connectivity index (χ0v) is 10.3. The highest BCUT2D eigenvalue weighted by Crippen LogP contribution is 2.35. The Kier molecular flexibility index (Phi) is 3.68. The van der Waals surface area contributed by atoms with Crippen LogP contribution in [0.15, 0.2) is 0 Å². The second-order valence-corrected chi connectivity index (χ2v) is 6.00. The number of hydrogen-bond acceptors (Lipinski definition) is 2. The SMILES string of the molecule is CC1(C)CCCCC1NC1CCCNC1. The molecule has 0 aromatic heterocycles. The van der Waals surface area contributed by atoms with Crippen molar-refractivity contribution in [2.45, 2.75) is 64.5 Å². The second-order valence-electron chi connectivity index (χ2n) is 6.00. The monoisotopic (exact) mass is 210 g/mol. The lowest BCUT2D eigenvalue weighted by molar-refractivity contribution is 0.149. The molecular weight excluding hydrogens is 184 g/mol. The van der Waals surface area contributed by atoms with Gasteiger partial charge in [0, 0.05) is 18.6 Å². The molecule has 1 heterocycles. The fourth-order valence-corrected chi connectivity index (χ4v) is 3.08. The Labute approximate surface area is 94.2 Å². The summed E-state index contributed by atoms with van der Waals surface area (Å²) in [5.74, 6) is 0. The molecule has 2 aliphatic rings. The predicted molar refractivity (Wildman–Crippen MR) is 65.1 cm³/mol. The highest BCUT2D eigenvalue weighted by atomic mass is 15.0. The van der Waals surface area contributed by atoms with Crippen LogP contribution in [0.3, 0.4) is 0 Å². The van der Waals surface area contributed by atoms with Crippen molar-refractivity contribution < 1.29 is 0 Å². The van der Waals surface area contributed by atoms with Gasteiger partial charge in [-0.15, -0.1) is 0 Å². The van der Waals surface area contributed by atoms with E-state index in [0.717, 1.165) is 12.1 Å². The molecule has 2 unspecified atom stereocenters. The van der Waals surface area contributed by atoms with Crippen LogP contribution in [0.5, 0.6) is 0 Å². The standard InChI is InChI=1S/C13H26N2/c1-13(2)8-4-3-7-12(13)15-11-6-5-9-14-10-11/h11-12,14-15H,3-10H2,1-2H3. The van der Waals surface area contributed by atoms with Crippen LogP contribution in [0.1, 0.15) is 52.4 Å². The number of piperidine rings is 1. The van der Waals surface area contributed by atoms with Crippen molar-refractivity contribution in [2.75, 3.05) is 13.1 Å². The van der Waals surface area contributed by atoms with Crippen LogP contribution in [-0.4, -0.2) is 25.2 Å². The van der Waals surface area contributed by atoms with Crippen molar-refractivity contribution in [3.8, 4) is 0 Å². The summed E-state index contributed by atoms with van der Waals surface area (Å²) in [6.45, 7) is 7.25. The van der Waals surface area contributed by atoms with E-state index < -0.39 is 0 Å². The first-order valence-corrected chi connectivity index (χ1v) is 6.65. The smallest absolute Gasteiger partial charge is 0.0195 e. The largest absolute Gasteiger partial charge is 0.315 e. The van der Waals surface area contributed by atoms with Crippen LogP contribution >= 0.6 is 0 Å². The lowest BCUT2D eigenvalue weighted by Crippen LogP contribution is -2.53. The Hall–Kier alpha value is -0.0800. The van der Waals surface area contributed by atoms with Gasteiger partial charge in [-0.05, 0) is 37.6 Å². The van der Waals surface area contributed by atoms with Crippen molar-refractivity contribution in [3.63, 3.8) is 0 Å². The average Bonchev–Trinajstić information content (AvgIpc) is 2.23. The van der Waals surface area contributed by atoms with Crippen molar-refractivity contribution in [3.05, 3.63) is 0 Å². The first-order chi connectivity index (χ1) is 7.18. The third-order valence-corrected chi connectivity index (χ3v) is 4.24. The van der Waals surface area contributed by atoms with Gasteiger partial charge in [-0.2, -0.15) is 0 Å². The molecule has 2 fully saturated rings. The molecule has 1 aliphatic heterocycles. The van der Waals surface area contributed by atoms with E-state index in [1.54, 1.807) is 0 Å². The first-order valence-electron chi connectivity index (χ1n) is 6.65. The Morgan fingerprint density at radius 1 is 1.13 bits per heavy atom. The molecule has 0 spiro atoms. The molecule has 0 amide bonds. The second kappa shape index (κ2) is 4.84. The molecule has 0 aromatic rings. The number of hydrogen-bond donors (Lipinski definition) is 2. The van der Waals surface area contributed by atoms with Crippen LogP contribution < -0.4 is 10.6 Å². The van der Waals surface area contributed by atoms with Gasteiger partial charge in [0.05, 0.1) is 0 Å². The minimum atomic E-state index is 0.510. The Morgan fingerprint density at radius 2 is 2.00 bits per heavy atom. The highest BCUT2D eigenvalue weighted by Gasteiger charge is 2.33. The highest BCUT2D eigenvalue weighted by molar-refractivity contribution is 4.91. The molecule has 2 atom stereocenters. The third-order valence-electron chi connectivity index (χ3n) is 4.24. The summed E-state index contributed by atoms with van der Waals surface area (Å²) in [5.41, 5.74) is 0.510. The summed E-state index contributed by atoms with van der Waals surface area (Å²) >= 11 is 0. The van der Waals surface area contributed by atoms with Gasteiger partial charge >= 0.3 is 0 Å². The molecule has 0 radical (unpaired) electrons. The van der Waals surface area contributed by atoms with Crippen LogP contribution in [0.2, 0.25) is 0 Å². The van der Waals surface area contributed by atoms with Gasteiger partial charge in [0.25, 0.3) is 0 Å². The lowest BCUT2D eigenvalue weighted by Gasteiger charge is -2.42. The van der Waals surface area contributed by atoms with Crippen LogP contribution in [0.4, 0.5) is 0 Å². The molecule has 1 aliphatic carbocycles. The lowest BCUT2D eigenvalue weighted by atomic mass is 9.73. The van der Waals surface area contributed by atoms with Gasteiger partial charge in [0.1, 0.15) is 0 Å². The average molecular weight is 210 g/mol. The van der Waals surface area contributed by atoms with Crippen molar-refractivity contribution in [2.24, 2.45) is 5.41 Å². The number of rotatable bonds is 2. The van der Waals surface area contributed by atoms with Gasteiger partial charge in [0.2, 0.25) is 0 Å². The molecule has 1 saturated carbocycles. The molecule has 15 heavy (non-hydrogen) atoms. The van der Waals surface area contributed by atoms with Crippen molar-refractivity contribution in [1.29, 1.82) is 0 Å². The van der Waals surface area contributed by atoms with E-state index in [1.165, 1.54) is 51.6 Å². The summed E-state index contributed by atoms with van der Waals surface area (Å²) < 4.78 is 0. The van der Waals surface area contributed by atoms with E-state index in [0.29, 0.717) is 5.41 Å². The van der Waals surface area contributed by atoms with Gasteiger partial charge < -0.3 is 10.6 Å². The quantitative estimate of drug-likeness (QED) is 0.731. The van der Waals surface area contributed by atoms with Gasteiger partial charge in [-0.3, -0.25) is 0 Å². The zero-order chi connectivity index (χ0) is 10.7. The summed E-state index contributed by atoms with van der Waals surface area (Å²) in [4.78, 5) is 0.